The van der Waals surface area contributed by atoms with Gasteiger partial charge in [0.1, 0.15) is 12.1 Å². The molecule has 1 saturated heterocycles. The molecule has 1 aliphatic heterocycles. The van der Waals surface area contributed by atoms with Crippen molar-refractivity contribution in [3.8, 4) is 0 Å². The van der Waals surface area contributed by atoms with Gasteiger partial charge in [0.2, 0.25) is 5.91 Å². The largest absolute Gasteiger partial charge is 0.445 e. The standard InChI is InChI=1S/C17H24N2O4/c1-17(15(21)18(2)11-12-20)9-6-10-19(17)16(22)23-13-14-7-4-3-5-8-14/h3-5,7-8,20H,6,9-13H2,1-2H3. The van der Waals surface area contributed by atoms with E-state index in [-0.39, 0.29) is 25.7 Å². The van der Waals surface area contributed by atoms with Gasteiger partial charge >= 0.3 is 6.09 Å². The second-order valence-corrected chi connectivity index (χ2v) is 6.02. The maximum Gasteiger partial charge on any atom is 0.410 e. The summed E-state index contributed by atoms with van der Waals surface area (Å²) in [7, 11) is 1.63. The number of aliphatic hydroxyl groups excluding tert-OH is 1. The highest BCUT2D eigenvalue weighted by atomic mass is 16.6. The zero-order valence-corrected chi connectivity index (χ0v) is 13.7. The van der Waals surface area contributed by atoms with Crippen LogP contribution in [0.1, 0.15) is 25.3 Å². The number of likely N-dealkylation sites (tertiary alicyclic amines) is 1. The molecule has 1 fully saturated rings. The lowest BCUT2D eigenvalue weighted by Crippen LogP contribution is -2.56. The highest BCUT2D eigenvalue weighted by molar-refractivity contribution is 5.90. The molecule has 6 nitrogen and oxygen atoms in total. The number of hydrogen-bond donors (Lipinski definition) is 1. The van der Waals surface area contributed by atoms with Gasteiger partial charge in [0.05, 0.1) is 6.61 Å². The summed E-state index contributed by atoms with van der Waals surface area (Å²) in [4.78, 5) is 28.0. The zero-order valence-electron chi connectivity index (χ0n) is 13.7. The van der Waals surface area contributed by atoms with Crippen molar-refractivity contribution in [2.75, 3.05) is 26.7 Å². The molecule has 23 heavy (non-hydrogen) atoms. The van der Waals surface area contributed by atoms with Gasteiger partial charge in [0.25, 0.3) is 0 Å². The minimum atomic E-state index is -0.905. The molecule has 0 aliphatic carbocycles. The lowest BCUT2D eigenvalue weighted by molar-refractivity contribution is -0.140. The lowest BCUT2D eigenvalue weighted by atomic mass is 9.97. The summed E-state index contributed by atoms with van der Waals surface area (Å²) >= 11 is 0. The number of nitrogens with zero attached hydrogens (tertiary/aromatic N) is 2. The first kappa shape index (κ1) is 17.3. The fraction of sp³-hybridized carbons (Fsp3) is 0.529. The fourth-order valence-corrected chi connectivity index (χ4v) is 2.94. The monoisotopic (exact) mass is 320 g/mol. The van der Waals surface area contributed by atoms with Gasteiger partial charge in [0.15, 0.2) is 0 Å². The molecule has 1 aromatic rings. The first-order valence-corrected chi connectivity index (χ1v) is 7.84. The van der Waals surface area contributed by atoms with Gasteiger partial charge in [-0.25, -0.2) is 4.79 Å². The summed E-state index contributed by atoms with van der Waals surface area (Å²) in [6.07, 6.45) is 0.886. The van der Waals surface area contributed by atoms with Crippen LogP contribution >= 0.6 is 0 Å². The molecule has 0 bridgehead atoms. The van der Waals surface area contributed by atoms with E-state index in [0.717, 1.165) is 12.0 Å². The summed E-state index contributed by atoms with van der Waals surface area (Å²) in [6.45, 7) is 2.60. The predicted molar refractivity (Wildman–Crippen MR) is 85.7 cm³/mol. The Kier molecular flexibility index (Phi) is 5.60. The Bertz CT molecular complexity index is 549. The van der Waals surface area contributed by atoms with E-state index in [9.17, 15) is 9.59 Å². The van der Waals surface area contributed by atoms with E-state index in [4.69, 9.17) is 9.84 Å². The number of carbonyl (C=O) groups is 2. The quantitative estimate of drug-likeness (QED) is 0.895. The van der Waals surface area contributed by atoms with Gasteiger partial charge in [0, 0.05) is 20.1 Å². The number of rotatable bonds is 5. The van der Waals surface area contributed by atoms with Crippen molar-refractivity contribution in [2.24, 2.45) is 0 Å². The summed E-state index contributed by atoms with van der Waals surface area (Å²) in [5.41, 5.74) is 0.00278. The van der Waals surface area contributed by atoms with Crippen LogP contribution < -0.4 is 0 Å². The van der Waals surface area contributed by atoms with Crippen LogP contribution in [0.5, 0.6) is 0 Å². The third-order valence-electron chi connectivity index (χ3n) is 4.31. The predicted octanol–water partition coefficient (Wildman–Crippen LogP) is 1.63. The zero-order chi connectivity index (χ0) is 16.9. The van der Waals surface area contributed by atoms with Gasteiger partial charge in [-0.2, -0.15) is 0 Å². The maximum atomic E-state index is 12.6. The lowest BCUT2D eigenvalue weighted by Gasteiger charge is -2.36. The third kappa shape index (κ3) is 3.82. The van der Waals surface area contributed by atoms with Crippen molar-refractivity contribution in [3.05, 3.63) is 35.9 Å². The number of aliphatic hydroxyl groups is 1. The Labute approximate surface area is 136 Å². The third-order valence-corrected chi connectivity index (χ3v) is 4.31. The molecular formula is C17H24N2O4. The second kappa shape index (κ2) is 7.46. The number of amides is 2. The number of benzene rings is 1. The highest BCUT2D eigenvalue weighted by Crippen LogP contribution is 2.31. The topological polar surface area (TPSA) is 70.1 Å². The number of carbonyl (C=O) groups excluding carboxylic acids is 2. The van der Waals surface area contributed by atoms with E-state index < -0.39 is 11.6 Å². The van der Waals surface area contributed by atoms with E-state index in [0.29, 0.717) is 13.0 Å². The minimum Gasteiger partial charge on any atom is -0.445 e. The number of hydrogen-bond acceptors (Lipinski definition) is 4. The first-order valence-electron chi connectivity index (χ1n) is 7.84. The average Bonchev–Trinajstić information content (AvgIpc) is 2.96. The molecule has 0 spiro atoms. The normalized spacial score (nSPS) is 20.4. The van der Waals surface area contributed by atoms with E-state index in [2.05, 4.69) is 0 Å². The van der Waals surface area contributed by atoms with Crippen LogP contribution in [0.2, 0.25) is 0 Å². The molecular weight excluding hydrogens is 296 g/mol. The van der Waals surface area contributed by atoms with Gasteiger partial charge in [-0.05, 0) is 25.3 Å². The summed E-state index contributed by atoms with van der Waals surface area (Å²) in [5.74, 6) is -0.166. The van der Waals surface area contributed by atoms with Crippen LogP contribution in [-0.4, -0.2) is 59.2 Å². The van der Waals surface area contributed by atoms with Crippen molar-refractivity contribution in [1.82, 2.24) is 9.80 Å². The first-order chi connectivity index (χ1) is 11.0. The highest BCUT2D eigenvalue weighted by Gasteiger charge is 2.47. The Balaban J connectivity index is 2.02. The van der Waals surface area contributed by atoms with Crippen molar-refractivity contribution in [3.63, 3.8) is 0 Å². The molecule has 1 unspecified atom stereocenters. The summed E-state index contributed by atoms with van der Waals surface area (Å²) in [5, 5.41) is 9.00. The summed E-state index contributed by atoms with van der Waals surface area (Å²) < 4.78 is 5.36. The molecule has 1 N–H and O–H groups in total. The van der Waals surface area contributed by atoms with Crippen LogP contribution in [0, 0.1) is 0 Å². The Morgan fingerprint density at radius 2 is 2.04 bits per heavy atom. The van der Waals surface area contributed by atoms with E-state index in [1.807, 2.05) is 30.3 Å². The number of likely N-dealkylation sites (N-methyl/N-ethyl adjacent to an activating group) is 1. The number of ether oxygens (including phenoxy) is 1. The van der Waals surface area contributed by atoms with Gasteiger partial charge in [-0.1, -0.05) is 30.3 Å². The van der Waals surface area contributed by atoms with Gasteiger partial charge in [-0.15, -0.1) is 0 Å². The SMILES string of the molecule is CN(CCO)C(=O)C1(C)CCCN1C(=O)OCc1ccccc1. The van der Waals surface area contributed by atoms with Crippen molar-refractivity contribution >= 4 is 12.0 Å². The van der Waals surface area contributed by atoms with Crippen LogP contribution in [-0.2, 0) is 16.1 Å². The Hall–Kier alpha value is -2.08. The smallest absolute Gasteiger partial charge is 0.410 e. The average molecular weight is 320 g/mol. The molecule has 2 rings (SSSR count). The van der Waals surface area contributed by atoms with Crippen molar-refractivity contribution < 1.29 is 19.4 Å². The Morgan fingerprint density at radius 1 is 1.35 bits per heavy atom. The van der Waals surface area contributed by atoms with Crippen LogP contribution in [0.3, 0.4) is 0 Å². The van der Waals surface area contributed by atoms with Crippen molar-refractivity contribution in [2.45, 2.75) is 31.9 Å². The molecule has 1 aromatic carbocycles. The van der Waals surface area contributed by atoms with Crippen LogP contribution in [0.25, 0.3) is 0 Å². The molecule has 0 aromatic heterocycles. The molecule has 1 atom stereocenters. The van der Waals surface area contributed by atoms with Gasteiger partial charge < -0.3 is 14.7 Å². The molecule has 1 aliphatic rings. The van der Waals surface area contributed by atoms with E-state index in [1.54, 1.807) is 14.0 Å². The second-order valence-electron chi connectivity index (χ2n) is 6.02. The van der Waals surface area contributed by atoms with Gasteiger partial charge in [-0.3, -0.25) is 9.69 Å². The van der Waals surface area contributed by atoms with E-state index in [1.165, 1.54) is 9.80 Å². The van der Waals surface area contributed by atoms with Crippen molar-refractivity contribution in [1.29, 1.82) is 0 Å². The molecule has 1 heterocycles. The summed E-state index contributed by atoms with van der Waals surface area (Å²) in [6, 6.07) is 9.44. The minimum absolute atomic E-state index is 0.100. The molecule has 0 saturated carbocycles. The molecule has 0 radical (unpaired) electrons. The van der Waals surface area contributed by atoms with E-state index >= 15 is 0 Å². The molecule has 126 valence electrons. The fourth-order valence-electron chi connectivity index (χ4n) is 2.94. The van der Waals surface area contributed by atoms with Crippen LogP contribution in [0.15, 0.2) is 30.3 Å². The Morgan fingerprint density at radius 3 is 2.70 bits per heavy atom. The molecule has 6 heteroatoms. The molecule has 2 amide bonds. The maximum absolute atomic E-state index is 12.6. The van der Waals surface area contributed by atoms with Crippen LogP contribution in [0.4, 0.5) is 4.79 Å².